The van der Waals surface area contributed by atoms with Crippen molar-refractivity contribution in [2.24, 2.45) is 5.92 Å². The van der Waals surface area contributed by atoms with E-state index >= 15 is 0 Å². The van der Waals surface area contributed by atoms with Crippen LogP contribution in [-0.2, 0) is 0 Å². The number of aromatic nitrogens is 2. The number of nitrogens with one attached hydrogen (secondary N) is 2. The summed E-state index contributed by atoms with van der Waals surface area (Å²) in [6.07, 6.45) is 4.45. The fourth-order valence-corrected chi connectivity index (χ4v) is 4.55. The van der Waals surface area contributed by atoms with Gasteiger partial charge in [0.1, 0.15) is 5.69 Å². The molecule has 0 atom stereocenters. The summed E-state index contributed by atoms with van der Waals surface area (Å²) in [7, 11) is 0. The number of amides is 1. The Balaban J connectivity index is 1.60. The van der Waals surface area contributed by atoms with Gasteiger partial charge in [-0.3, -0.25) is 4.79 Å². The number of benzene rings is 2. The molecule has 0 unspecified atom stereocenters. The van der Waals surface area contributed by atoms with Crippen molar-refractivity contribution in [3.8, 4) is 11.3 Å². The van der Waals surface area contributed by atoms with Gasteiger partial charge in [0, 0.05) is 27.9 Å². The number of hydrogen-bond donors (Lipinski definition) is 2. The Morgan fingerprint density at radius 1 is 1.00 bits per heavy atom. The summed E-state index contributed by atoms with van der Waals surface area (Å²) in [4.78, 5) is 21.5. The molecule has 152 valence electrons. The Hall–Kier alpha value is -3.14. The van der Waals surface area contributed by atoms with Gasteiger partial charge in [-0.25, -0.2) is 4.98 Å². The SMILES string of the molecule is Cc1ccc(-c2nc(C(=O)NC3CCC(C)CC3)cc3c2[nH]c2ccccc23)cc1. The molecule has 0 aliphatic heterocycles. The molecule has 1 fully saturated rings. The second-order valence-electron chi connectivity index (χ2n) is 8.75. The lowest BCUT2D eigenvalue weighted by atomic mass is 9.87. The van der Waals surface area contributed by atoms with E-state index in [2.05, 4.69) is 60.5 Å². The van der Waals surface area contributed by atoms with Crippen molar-refractivity contribution >= 4 is 27.7 Å². The molecule has 4 aromatic rings. The van der Waals surface area contributed by atoms with E-state index in [0.29, 0.717) is 5.69 Å². The van der Waals surface area contributed by atoms with E-state index < -0.39 is 0 Å². The third-order valence-corrected chi connectivity index (χ3v) is 6.41. The van der Waals surface area contributed by atoms with E-state index in [-0.39, 0.29) is 11.9 Å². The monoisotopic (exact) mass is 397 g/mol. The predicted molar refractivity (Wildman–Crippen MR) is 123 cm³/mol. The van der Waals surface area contributed by atoms with Crippen molar-refractivity contribution in [2.75, 3.05) is 0 Å². The number of carbonyl (C=O) groups excluding carboxylic acids is 1. The van der Waals surface area contributed by atoms with Gasteiger partial charge < -0.3 is 10.3 Å². The van der Waals surface area contributed by atoms with E-state index in [1.165, 1.54) is 18.4 Å². The van der Waals surface area contributed by atoms with E-state index in [9.17, 15) is 4.79 Å². The quantitative estimate of drug-likeness (QED) is 0.445. The zero-order valence-electron chi connectivity index (χ0n) is 17.5. The first-order valence-corrected chi connectivity index (χ1v) is 10.9. The van der Waals surface area contributed by atoms with Crippen LogP contribution in [0.15, 0.2) is 54.6 Å². The summed E-state index contributed by atoms with van der Waals surface area (Å²) < 4.78 is 0. The van der Waals surface area contributed by atoms with Crippen LogP contribution >= 0.6 is 0 Å². The summed E-state index contributed by atoms with van der Waals surface area (Å²) in [5.41, 5.74) is 5.56. The number of pyridine rings is 1. The largest absolute Gasteiger partial charge is 0.353 e. The highest BCUT2D eigenvalue weighted by Crippen LogP contribution is 2.33. The molecule has 30 heavy (non-hydrogen) atoms. The average Bonchev–Trinajstić information content (AvgIpc) is 3.14. The van der Waals surface area contributed by atoms with Gasteiger partial charge in [-0.05, 0) is 50.7 Å². The van der Waals surface area contributed by atoms with Gasteiger partial charge in [0.25, 0.3) is 5.91 Å². The Labute approximate surface area is 176 Å². The van der Waals surface area contributed by atoms with Gasteiger partial charge in [-0.1, -0.05) is 55.0 Å². The van der Waals surface area contributed by atoms with Gasteiger partial charge in [0.2, 0.25) is 0 Å². The van der Waals surface area contributed by atoms with Crippen molar-refractivity contribution in [3.63, 3.8) is 0 Å². The van der Waals surface area contributed by atoms with Crippen LogP contribution in [0.4, 0.5) is 0 Å². The Morgan fingerprint density at radius 3 is 2.50 bits per heavy atom. The lowest BCUT2D eigenvalue weighted by Crippen LogP contribution is -2.37. The molecule has 0 bridgehead atoms. The standard InChI is InChI=1S/C26H27N3O/c1-16-7-11-18(12-8-16)24-25-21(20-5-3-4-6-22(20)28-25)15-23(29-24)26(30)27-19-13-9-17(2)10-14-19/h3-8,11-12,15,17,19,28H,9-10,13-14H2,1-2H3,(H,27,30). The van der Waals surface area contributed by atoms with Gasteiger partial charge in [-0.15, -0.1) is 0 Å². The van der Waals surface area contributed by atoms with Crippen LogP contribution in [0, 0.1) is 12.8 Å². The van der Waals surface area contributed by atoms with Crippen molar-refractivity contribution in [1.29, 1.82) is 0 Å². The van der Waals surface area contributed by atoms with E-state index in [1.807, 2.05) is 18.2 Å². The molecule has 1 amide bonds. The average molecular weight is 398 g/mol. The maximum atomic E-state index is 13.1. The number of fused-ring (bicyclic) bond motifs is 3. The smallest absolute Gasteiger partial charge is 0.270 e. The molecule has 0 saturated heterocycles. The molecule has 2 heterocycles. The highest BCUT2D eigenvalue weighted by atomic mass is 16.1. The number of aromatic amines is 1. The number of H-pyrrole nitrogens is 1. The summed E-state index contributed by atoms with van der Waals surface area (Å²) in [5, 5.41) is 5.39. The van der Waals surface area contributed by atoms with E-state index in [4.69, 9.17) is 4.98 Å². The van der Waals surface area contributed by atoms with Gasteiger partial charge in [0.05, 0.1) is 11.2 Å². The first-order valence-electron chi connectivity index (χ1n) is 10.9. The molecular formula is C26H27N3O. The van der Waals surface area contributed by atoms with Crippen molar-refractivity contribution in [3.05, 3.63) is 65.9 Å². The van der Waals surface area contributed by atoms with Crippen LogP contribution in [0.1, 0.15) is 48.7 Å². The van der Waals surface area contributed by atoms with Crippen molar-refractivity contribution in [1.82, 2.24) is 15.3 Å². The molecular weight excluding hydrogens is 370 g/mol. The zero-order valence-corrected chi connectivity index (χ0v) is 17.5. The number of rotatable bonds is 3. The molecule has 2 aromatic heterocycles. The Morgan fingerprint density at radius 2 is 1.73 bits per heavy atom. The summed E-state index contributed by atoms with van der Waals surface area (Å²) >= 11 is 0. The minimum absolute atomic E-state index is 0.0740. The van der Waals surface area contributed by atoms with Crippen LogP contribution < -0.4 is 5.32 Å². The first kappa shape index (κ1) is 18.9. The molecule has 4 heteroatoms. The lowest BCUT2D eigenvalue weighted by molar-refractivity contribution is 0.0918. The maximum Gasteiger partial charge on any atom is 0.270 e. The summed E-state index contributed by atoms with van der Waals surface area (Å²) in [6.45, 7) is 4.36. The number of aryl methyl sites for hydroxylation is 1. The fourth-order valence-electron chi connectivity index (χ4n) is 4.55. The molecule has 1 saturated carbocycles. The molecule has 0 radical (unpaired) electrons. The van der Waals surface area contributed by atoms with Gasteiger partial charge in [-0.2, -0.15) is 0 Å². The fraction of sp³-hybridized carbons (Fsp3) is 0.308. The number of hydrogen-bond acceptors (Lipinski definition) is 2. The molecule has 2 N–H and O–H groups in total. The third kappa shape index (κ3) is 3.47. The molecule has 1 aliphatic carbocycles. The minimum Gasteiger partial charge on any atom is -0.353 e. The van der Waals surface area contributed by atoms with Crippen LogP contribution in [0.25, 0.3) is 33.1 Å². The van der Waals surface area contributed by atoms with Crippen molar-refractivity contribution < 1.29 is 4.79 Å². The van der Waals surface area contributed by atoms with Crippen molar-refractivity contribution in [2.45, 2.75) is 45.6 Å². The maximum absolute atomic E-state index is 13.1. The topological polar surface area (TPSA) is 57.8 Å². The van der Waals surface area contributed by atoms with E-state index in [0.717, 1.165) is 51.8 Å². The summed E-state index contributed by atoms with van der Waals surface area (Å²) in [5.74, 6) is 0.682. The third-order valence-electron chi connectivity index (χ3n) is 6.41. The molecule has 0 spiro atoms. The number of para-hydroxylation sites is 1. The van der Waals surface area contributed by atoms with Gasteiger partial charge in [0.15, 0.2) is 0 Å². The lowest BCUT2D eigenvalue weighted by Gasteiger charge is -2.26. The summed E-state index contributed by atoms with van der Waals surface area (Å²) in [6, 6.07) is 18.7. The number of nitrogens with zero attached hydrogens (tertiary/aromatic N) is 1. The molecule has 5 rings (SSSR count). The second-order valence-corrected chi connectivity index (χ2v) is 8.75. The second kappa shape index (κ2) is 7.60. The highest BCUT2D eigenvalue weighted by Gasteiger charge is 2.22. The molecule has 4 nitrogen and oxygen atoms in total. The minimum atomic E-state index is -0.0740. The van der Waals surface area contributed by atoms with Crippen LogP contribution in [-0.4, -0.2) is 21.9 Å². The Bertz CT molecular complexity index is 1210. The van der Waals surface area contributed by atoms with Crippen LogP contribution in [0.3, 0.4) is 0 Å². The van der Waals surface area contributed by atoms with Crippen LogP contribution in [0.2, 0.25) is 0 Å². The first-order chi connectivity index (χ1) is 14.6. The highest BCUT2D eigenvalue weighted by molar-refractivity contribution is 6.13. The molecule has 2 aromatic carbocycles. The molecule has 1 aliphatic rings. The normalized spacial score (nSPS) is 19.3. The van der Waals surface area contributed by atoms with Gasteiger partial charge >= 0.3 is 0 Å². The zero-order chi connectivity index (χ0) is 20.7. The Kier molecular flexibility index (Phi) is 4.78. The van der Waals surface area contributed by atoms with Crippen LogP contribution in [0.5, 0.6) is 0 Å². The van der Waals surface area contributed by atoms with E-state index in [1.54, 1.807) is 0 Å². The predicted octanol–water partition coefficient (Wildman–Crippen LogP) is 6.00. The number of carbonyl (C=O) groups is 1.